The molecular weight excluding hydrogens is 348 g/mol. The maximum absolute atomic E-state index is 12.5. The third-order valence-electron chi connectivity index (χ3n) is 3.96. The van der Waals surface area contributed by atoms with E-state index in [0.717, 1.165) is 5.56 Å². The summed E-state index contributed by atoms with van der Waals surface area (Å²) < 4.78 is 21.4. The van der Waals surface area contributed by atoms with E-state index in [1.54, 1.807) is 45.2 Å². The molecule has 6 nitrogen and oxygen atoms in total. The Kier molecular flexibility index (Phi) is 5.45. The van der Waals surface area contributed by atoms with Crippen LogP contribution in [0.5, 0.6) is 17.2 Å². The van der Waals surface area contributed by atoms with Crippen LogP contribution in [-0.4, -0.2) is 31.6 Å². The van der Waals surface area contributed by atoms with E-state index in [1.807, 2.05) is 24.3 Å². The molecular formula is C21H20O6. The molecule has 1 aliphatic rings. The van der Waals surface area contributed by atoms with E-state index in [1.165, 1.54) is 0 Å². The van der Waals surface area contributed by atoms with Gasteiger partial charge in [-0.05, 0) is 49.8 Å². The Morgan fingerprint density at radius 3 is 2.74 bits per heavy atom. The maximum atomic E-state index is 12.5. The highest BCUT2D eigenvalue weighted by molar-refractivity contribution is 6.14. The standard InChI is InChI=1S/C21H20O6/c1-4-25-21(23)13(2)26-16-8-9-17-18(12-16)27-19(20(17)22)11-14-6-5-7-15(10-14)24-3/h5-13H,4H2,1-3H3. The van der Waals surface area contributed by atoms with Crippen LogP contribution in [0.2, 0.25) is 0 Å². The normalized spacial score (nSPS) is 15.1. The maximum Gasteiger partial charge on any atom is 0.347 e. The lowest BCUT2D eigenvalue weighted by Gasteiger charge is -2.13. The van der Waals surface area contributed by atoms with Crippen molar-refractivity contribution in [3.05, 3.63) is 59.4 Å². The van der Waals surface area contributed by atoms with E-state index in [4.69, 9.17) is 18.9 Å². The molecule has 0 saturated carbocycles. The number of benzene rings is 2. The number of esters is 1. The van der Waals surface area contributed by atoms with Gasteiger partial charge in [-0.15, -0.1) is 0 Å². The Hall–Kier alpha value is -3.28. The lowest BCUT2D eigenvalue weighted by atomic mass is 10.1. The van der Waals surface area contributed by atoms with E-state index in [0.29, 0.717) is 22.8 Å². The number of Topliss-reactive ketones (excluding diaryl/α,β-unsaturated/α-hetero) is 1. The van der Waals surface area contributed by atoms with Gasteiger partial charge in [0.05, 0.1) is 19.3 Å². The molecule has 2 aromatic rings. The van der Waals surface area contributed by atoms with Crippen LogP contribution in [0, 0.1) is 0 Å². The number of rotatable bonds is 6. The molecule has 1 atom stereocenters. The third kappa shape index (κ3) is 4.11. The first-order chi connectivity index (χ1) is 13.0. The highest BCUT2D eigenvalue weighted by Crippen LogP contribution is 2.35. The fraction of sp³-hybridized carbons (Fsp3) is 0.238. The molecule has 1 heterocycles. The van der Waals surface area contributed by atoms with Gasteiger partial charge in [-0.1, -0.05) is 12.1 Å². The minimum absolute atomic E-state index is 0.210. The number of allylic oxidation sites excluding steroid dienone is 1. The molecule has 140 valence electrons. The molecule has 1 unspecified atom stereocenters. The van der Waals surface area contributed by atoms with E-state index >= 15 is 0 Å². The third-order valence-corrected chi connectivity index (χ3v) is 3.96. The van der Waals surface area contributed by atoms with Crippen LogP contribution < -0.4 is 14.2 Å². The molecule has 0 bridgehead atoms. The summed E-state index contributed by atoms with van der Waals surface area (Å²) in [4.78, 5) is 24.2. The van der Waals surface area contributed by atoms with E-state index in [2.05, 4.69) is 0 Å². The van der Waals surface area contributed by atoms with Crippen molar-refractivity contribution in [2.24, 2.45) is 0 Å². The van der Waals surface area contributed by atoms with Crippen molar-refractivity contribution in [2.45, 2.75) is 20.0 Å². The Labute approximate surface area is 157 Å². The summed E-state index contributed by atoms with van der Waals surface area (Å²) in [6, 6.07) is 12.2. The van der Waals surface area contributed by atoms with Crippen LogP contribution in [0.4, 0.5) is 0 Å². The molecule has 3 rings (SSSR count). The summed E-state index contributed by atoms with van der Waals surface area (Å²) in [5.74, 6) is 1.06. The zero-order chi connectivity index (χ0) is 19.4. The van der Waals surface area contributed by atoms with Gasteiger partial charge in [-0.2, -0.15) is 0 Å². The number of carbonyl (C=O) groups is 2. The van der Waals surface area contributed by atoms with Gasteiger partial charge in [0, 0.05) is 6.07 Å². The molecule has 0 fully saturated rings. The van der Waals surface area contributed by atoms with Gasteiger partial charge in [-0.3, -0.25) is 4.79 Å². The molecule has 6 heteroatoms. The molecule has 0 amide bonds. The average molecular weight is 368 g/mol. The summed E-state index contributed by atoms with van der Waals surface area (Å²) in [7, 11) is 1.58. The molecule has 0 aliphatic carbocycles. The SMILES string of the molecule is CCOC(=O)C(C)Oc1ccc2c(c1)OC(=Cc1cccc(OC)c1)C2=O. The highest BCUT2D eigenvalue weighted by Gasteiger charge is 2.28. The Bertz CT molecular complexity index is 899. The van der Waals surface area contributed by atoms with Gasteiger partial charge in [0.1, 0.15) is 17.2 Å². The lowest BCUT2D eigenvalue weighted by Crippen LogP contribution is -2.26. The van der Waals surface area contributed by atoms with E-state index in [9.17, 15) is 9.59 Å². The predicted octanol–water partition coefficient (Wildman–Crippen LogP) is 3.64. The summed E-state index contributed by atoms with van der Waals surface area (Å²) in [6.45, 7) is 3.62. The van der Waals surface area contributed by atoms with Gasteiger partial charge in [-0.25, -0.2) is 4.79 Å². The first kappa shape index (κ1) is 18.5. The van der Waals surface area contributed by atoms with E-state index in [-0.39, 0.29) is 18.1 Å². The highest BCUT2D eigenvalue weighted by atomic mass is 16.6. The molecule has 0 N–H and O–H groups in total. The quantitative estimate of drug-likeness (QED) is 0.573. The number of carbonyl (C=O) groups excluding carboxylic acids is 2. The summed E-state index contributed by atoms with van der Waals surface area (Å²) in [5.41, 5.74) is 1.23. The van der Waals surface area contributed by atoms with Crippen molar-refractivity contribution in [1.82, 2.24) is 0 Å². The van der Waals surface area contributed by atoms with Crippen molar-refractivity contribution in [3.63, 3.8) is 0 Å². The lowest BCUT2D eigenvalue weighted by molar-refractivity contribution is -0.150. The van der Waals surface area contributed by atoms with Crippen LogP contribution in [0.15, 0.2) is 48.2 Å². The average Bonchev–Trinajstić information content (AvgIpc) is 2.97. The Morgan fingerprint density at radius 1 is 1.19 bits per heavy atom. The van der Waals surface area contributed by atoms with Crippen LogP contribution in [0.25, 0.3) is 6.08 Å². The molecule has 27 heavy (non-hydrogen) atoms. The minimum atomic E-state index is -0.757. The van der Waals surface area contributed by atoms with Crippen molar-refractivity contribution < 1.29 is 28.5 Å². The number of hydrogen-bond donors (Lipinski definition) is 0. The molecule has 0 radical (unpaired) electrons. The second-order valence-electron chi connectivity index (χ2n) is 5.89. The molecule has 0 saturated heterocycles. The van der Waals surface area contributed by atoms with Crippen molar-refractivity contribution >= 4 is 17.8 Å². The van der Waals surface area contributed by atoms with Crippen LogP contribution >= 0.6 is 0 Å². The largest absolute Gasteiger partial charge is 0.497 e. The number of fused-ring (bicyclic) bond motifs is 1. The van der Waals surface area contributed by atoms with Gasteiger partial charge in [0.25, 0.3) is 0 Å². The number of ether oxygens (including phenoxy) is 4. The van der Waals surface area contributed by atoms with Crippen LogP contribution in [0.3, 0.4) is 0 Å². The number of ketones is 1. The smallest absolute Gasteiger partial charge is 0.347 e. The van der Waals surface area contributed by atoms with Gasteiger partial charge >= 0.3 is 5.97 Å². The van der Waals surface area contributed by atoms with Crippen molar-refractivity contribution in [3.8, 4) is 17.2 Å². The number of hydrogen-bond acceptors (Lipinski definition) is 6. The summed E-state index contributed by atoms with van der Waals surface area (Å²) in [6.07, 6.45) is 0.902. The Morgan fingerprint density at radius 2 is 2.00 bits per heavy atom. The van der Waals surface area contributed by atoms with Crippen LogP contribution in [-0.2, 0) is 9.53 Å². The summed E-state index contributed by atoms with van der Waals surface area (Å²) >= 11 is 0. The molecule has 2 aromatic carbocycles. The zero-order valence-electron chi connectivity index (χ0n) is 15.4. The fourth-order valence-electron chi connectivity index (χ4n) is 2.64. The van der Waals surface area contributed by atoms with E-state index < -0.39 is 12.1 Å². The minimum Gasteiger partial charge on any atom is -0.497 e. The summed E-state index contributed by atoms with van der Waals surface area (Å²) in [5, 5.41) is 0. The van der Waals surface area contributed by atoms with Crippen LogP contribution in [0.1, 0.15) is 29.8 Å². The first-order valence-corrected chi connectivity index (χ1v) is 8.57. The first-order valence-electron chi connectivity index (χ1n) is 8.57. The van der Waals surface area contributed by atoms with Gasteiger partial charge in [0.15, 0.2) is 11.9 Å². The molecule has 0 aromatic heterocycles. The predicted molar refractivity (Wildman–Crippen MR) is 99.1 cm³/mol. The molecule has 0 spiro atoms. The van der Waals surface area contributed by atoms with Crippen molar-refractivity contribution in [2.75, 3.05) is 13.7 Å². The van der Waals surface area contributed by atoms with Gasteiger partial charge in [0.2, 0.25) is 5.78 Å². The second kappa shape index (κ2) is 7.95. The molecule has 1 aliphatic heterocycles. The zero-order valence-corrected chi connectivity index (χ0v) is 15.4. The topological polar surface area (TPSA) is 71.1 Å². The van der Waals surface area contributed by atoms with Gasteiger partial charge < -0.3 is 18.9 Å². The fourth-order valence-corrected chi connectivity index (χ4v) is 2.64. The monoisotopic (exact) mass is 368 g/mol. The van der Waals surface area contributed by atoms with Crippen molar-refractivity contribution in [1.29, 1.82) is 0 Å². The number of methoxy groups -OCH3 is 1. The Balaban J connectivity index is 1.79. The second-order valence-corrected chi connectivity index (χ2v) is 5.89.